The van der Waals surface area contributed by atoms with Crippen molar-refractivity contribution < 1.29 is 28.6 Å². The lowest BCUT2D eigenvalue weighted by Crippen LogP contribution is -2.23. The molecule has 0 fully saturated rings. The van der Waals surface area contributed by atoms with Crippen molar-refractivity contribution in [3.05, 3.63) is 12.4 Å². The van der Waals surface area contributed by atoms with Crippen LogP contribution in [0.5, 0.6) is 0 Å². The first-order valence-corrected chi connectivity index (χ1v) is 25.6. The molecule has 1 rings (SSSR count). The summed E-state index contributed by atoms with van der Waals surface area (Å²) in [5, 5.41) is 0. The van der Waals surface area contributed by atoms with E-state index in [-0.39, 0.29) is 24.0 Å². The average molecular weight is 869 g/mol. The standard InChI is InChI=1S/C16H32O2.C14H28O2.C12H24O2.C8H16N2.C3H8/c1-4-6-8-10-12-14-16(18-15(3)17)13-11-9-7-5-2;1-5-7-14(15)16-11-10-13(4)9-6-8-12(2)3;1-10(2)7-8-11(3)6-5-9-14-12(4)13;1-3-4-5-10-7-6-9(2)8-10;1-3-2/h16H,4-14H2,1-3H3;12-13H,5-11H2,1-4H3;10-11H,5-9H2,1-4H3;6-7H,3-5,8H2,1-2H3;3H2,1-2H3. The van der Waals surface area contributed by atoms with Crippen LogP contribution in [0.2, 0.25) is 0 Å². The van der Waals surface area contributed by atoms with Gasteiger partial charge in [0.1, 0.15) is 6.10 Å². The second-order valence-electron chi connectivity index (χ2n) is 18.6. The molecule has 0 saturated carbocycles. The highest BCUT2D eigenvalue weighted by molar-refractivity contribution is 5.69. The second kappa shape index (κ2) is 50.4. The van der Waals surface area contributed by atoms with E-state index in [4.69, 9.17) is 14.2 Å². The van der Waals surface area contributed by atoms with Gasteiger partial charge in [0.25, 0.3) is 0 Å². The van der Waals surface area contributed by atoms with Crippen molar-refractivity contribution in [3.8, 4) is 0 Å². The number of nitrogens with zero attached hydrogens (tertiary/aromatic N) is 2. The maximum absolute atomic E-state index is 11.1. The van der Waals surface area contributed by atoms with E-state index < -0.39 is 0 Å². The molecule has 0 amide bonds. The van der Waals surface area contributed by atoms with Crippen LogP contribution in [0.3, 0.4) is 0 Å². The van der Waals surface area contributed by atoms with Crippen molar-refractivity contribution in [2.75, 3.05) is 33.5 Å². The van der Waals surface area contributed by atoms with Crippen LogP contribution in [0.4, 0.5) is 0 Å². The summed E-state index contributed by atoms with van der Waals surface area (Å²) in [6, 6.07) is 0. The summed E-state index contributed by atoms with van der Waals surface area (Å²) < 4.78 is 15.4. The largest absolute Gasteiger partial charge is 0.466 e. The van der Waals surface area contributed by atoms with Gasteiger partial charge in [0, 0.05) is 46.3 Å². The second-order valence-corrected chi connectivity index (χ2v) is 18.6. The van der Waals surface area contributed by atoms with Crippen LogP contribution in [0.1, 0.15) is 251 Å². The summed E-state index contributed by atoms with van der Waals surface area (Å²) in [5.41, 5.74) is 0. The van der Waals surface area contributed by atoms with Gasteiger partial charge in [0.2, 0.25) is 0 Å². The SMILES string of the molecule is CC(=O)OCCCC(C)CCC(C)C.CCC.CCCC(=O)OCCC(C)CCCC(C)C.CCCCCCCC(CCCCCC)OC(C)=O.CCCCN1C=CN(C)C1. The normalized spacial score (nSPS) is 13.1. The molecule has 3 unspecified atom stereocenters. The van der Waals surface area contributed by atoms with E-state index in [1.165, 1.54) is 136 Å². The molecule has 8 heteroatoms. The number of esters is 3. The molecule has 3 atom stereocenters. The van der Waals surface area contributed by atoms with E-state index in [1.54, 1.807) is 0 Å². The van der Waals surface area contributed by atoms with E-state index in [0.29, 0.717) is 25.6 Å². The van der Waals surface area contributed by atoms with Crippen molar-refractivity contribution in [1.82, 2.24) is 9.80 Å². The lowest BCUT2D eigenvalue weighted by atomic mass is 9.96. The van der Waals surface area contributed by atoms with Gasteiger partial charge >= 0.3 is 17.9 Å². The lowest BCUT2D eigenvalue weighted by Gasteiger charge is -2.17. The van der Waals surface area contributed by atoms with Gasteiger partial charge in [-0.15, -0.1) is 0 Å². The van der Waals surface area contributed by atoms with Crippen LogP contribution in [0.25, 0.3) is 0 Å². The first-order chi connectivity index (χ1) is 29.0. The van der Waals surface area contributed by atoms with E-state index in [9.17, 15) is 14.4 Å². The van der Waals surface area contributed by atoms with Crippen molar-refractivity contribution in [1.29, 1.82) is 0 Å². The summed E-state index contributed by atoms with van der Waals surface area (Å²) in [6.45, 7) is 32.9. The summed E-state index contributed by atoms with van der Waals surface area (Å²) in [6.07, 6.45) is 32.9. The van der Waals surface area contributed by atoms with Gasteiger partial charge in [-0.05, 0) is 81.5 Å². The van der Waals surface area contributed by atoms with Crippen molar-refractivity contribution in [2.45, 2.75) is 257 Å². The van der Waals surface area contributed by atoms with Gasteiger partial charge in [0.15, 0.2) is 0 Å². The monoisotopic (exact) mass is 869 g/mol. The third-order valence-electron chi connectivity index (χ3n) is 10.3. The molecule has 0 spiro atoms. The zero-order valence-electron chi connectivity index (χ0n) is 43.7. The molecule has 61 heavy (non-hydrogen) atoms. The Labute approximate surface area is 381 Å². The first-order valence-electron chi connectivity index (χ1n) is 25.6. The van der Waals surface area contributed by atoms with Gasteiger partial charge in [-0.2, -0.15) is 0 Å². The Morgan fingerprint density at radius 2 is 1.05 bits per heavy atom. The molecule has 8 nitrogen and oxygen atoms in total. The quantitative estimate of drug-likeness (QED) is 0.0387. The molecule has 0 aromatic heterocycles. The summed E-state index contributed by atoms with van der Waals surface area (Å²) in [7, 11) is 2.10. The van der Waals surface area contributed by atoms with Crippen molar-refractivity contribution in [2.24, 2.45) is 23.7 Å². The number of rotatable bonds is 31. The lowest BCUT2D eigenvalue weighted by molar-refractivity contribution is -0.147. The number of unbranched alkanes of at least 4 members (excludes halogenated alkanes) is 8. The maximum atomic E-state index is 11.1. The molecule has 0 aromatic rings. The smallest absolute Gasteiger partial charge is 0.305 e. The van der Waals surface area contributed by atoms with Gasteiger partial charge in [-0.1, -0.05) is 173 Å². The predicted molar refractivity (Wildman–Crippen MR) is 264 cm³/mol. The van der Waals surface area contributed by atoms with E-state index >= 15 is 0 Å². The molecule has 1 aliphatic heterocycles. The van der Waals surface area contributed by atoms with Gasteiger partial charge in [-0.25, -0.2) is 0 Å². The van der Waals surface area contributed by atoms with Gasteiger partial charge in [-0.3, -0.25) is 14.4 Å². The Kier molecular flexibility index (Phi) is 54.0. The highest BCUT2D eigenvalue weighted by atomic mass is 16.5. The first kappa shape index (κ1) is 65.4. The van der Waals surface area contributed by atoms with Crippen molar-refractivity contribution >= 4 is 17.9 Å². The van der Waals surface area contributed by atoms with Gasteiger partial charge in [0.05, 0.1) is 19.9 Å². The molecule has 1 heterocycles. The Bertz CT molecular complexity index is 955. The molecule has 0 saturated heterocycles. The molecule has 0 aliphatic carbocycles. The average Bonchev–Trinajstić information content (AvgIpc) is 3.61. The van der Waals surface area contributed by atoms with E-state index in [2.05, 4.69) is 105 Å². The summed E-state index contributed by atoms with van der Waals surface area (Å²) in [5.74, 6) is 2.70. The molecule has 0 N–H and O–H groups in total. The van der Waals surface area contributed by atoms with E-state index in [1.807, 2.05) is 6.92 Å². The molecular formula is C53H108N2O6. The van der Waals surface area contributed by atoms with Crippen LogP contribution in [0, 0.1) is 23.7 Å². The van der Waals surface area contributed by atoms with Crippen LogP contribution >= 0.6 is 0 Å². The molecule has 0 aromatic carbocycles. The van der Waals surface area contributed by atoms with Gasteiger partial charge < -0.3 is 24.0 Å². The van der Waals surface area contributed by atoms with Crippen LogP contribution < -0.4 is 0 Å². The predicted octanol–water partition coefficient (Wildman–Crippen LogP) is 15.7. The molecule has 0 bridgehead atoms. The van der Waals surface area contributed by atoms with Crippen molar-refractivity contribution in [3.63, 3.8) is 0 Å². The fourth-order valence-corrected chi connectivity index (χ4v) is 6.45. The third-order valence-corrected chi connectivity index (χ3v) is 10.3. The number of carbonyl (C=O) groups is 3. The Balaban J connectivity index is -0.000000352. The van der Waals surface area contributed by atoms with Crippen LogP contribution in [0.15, 0.2) is 12.4 Å². The Hall–Kier alpha value is -2.25. The number of carbonyl (C=O) groups excluding carboxylic acids is 3. The zero-order chi connectivity index (χ0) is 47.1. The maximum Gasteiger partial charge on any atom is 0.305 e. The van der Waals surface area contributed by atoms with Crippen LogP contribution in [-0.2, 0) is 28.6 Å². The zero-order valence-corrected chi connectivity index (χ0v) is 43.7. The van der Waals surface area contributed by atoms with E-state index in [0.717, 1.165) is 56.5 Å². The topological polar surface area (TPSA) is 85.4 Å². The Morgan fingerprint density at radius 1 is 0.525 bits per heavy atom. The number of ether oxygens (including phenoxy) is 3. The fraction of sp³-hybridized carbons (Fsp3) is 0.906. The Morgan fingerprint density at radius 3 is 1.52 bits per heavy atom. The number of hydrogen-bond acceptors (Lipinski definition) is 8. The summed E-state index contributed by atoms with van der Waals surface area (Å²) >= 11 is 0. The minimum Gasteiger partial charge on any atom is -0.466 e. The molecular weight excluding hydrogens is 761 g/mol. The highest BCUT2D eigenvalue weighted by Crippen LogP contribution is 2.18. The minimum absolute atomic E-state index is 0.0446. The molecule has 366 valence electrons. The van der Waals surface area contributed by atoms with Crippen LogP contribution in [-0.4, -0.2) is 67.3 Å². The summed E-state index contributed by atoms with van der Waals surface area (Å²) in [4.78, 5) is 37.2. The third kappa shape index (κ3) is 59.9. The number of hydrogen-bond donors (Lipinski definition) is 0. The highest BCUT2D eigenvalue weighted by Gasteiger charge is 2.12. The fourth-order valence-electron chi connectivity index (χ4n) is 6.45. The molecule has 1 aliphatic rings. The minimum atomic E-state index is -0.167. The molecule has 0 radical (unpaired) electrons.